The van der Waals surface area contributed by atoms with Crippen molar-refractivity contribution in [2.24, 2.45) is 5.10 Å². The van der Waals surface area contributed by atoms with Gasteiger partial charge in [0, 0.05) is 0 Å². The number of amides is 1. The second-order valence-electron chi connectivity index (χ2n) is 4.73. The van der Waals surface area contributed by atoms with Crippen LogP contribution in [0.2, 0.25) is 0 Å². The third kappa shape index (κ3) is 5.31. The lowest BCUT2D eigenvalue weighted by Crippen LogP contribution is -2.24. The lowest BCUT2D eigenvalue weighted by atomic mass is 10.2. The fraction of sp³-hybridized carbons (Fsp3) is 0.222. The molecule has 0 saturated heterocycles. The number of nitrogens with zero attached hydrogens (tertiary/aromatic N) is 1. The number of hydrogen-bond acceptors (Lipinski definition) is 5. The summed E-state index contributed by atoms with van der Waals surface area (Å²) in [4.78, 5) is 11.7. The van der Waals surface area contributed by atoms with Crippen molar-refractivity contribution >= 4 is 12.1 Å². The van der Waals surface area contributed by atoms with E-state index >= 15 is 0 Å². The Labute approximate surface area is 141 Å². The van der Waals surface area contributed by atoms with Gasteiger partial charge in [0.05, 0.1) is 19.9 Å². The molecule has 2 rings (SSSR count). The predicted octanol–water partition coefficient (Wildman–Crippen LogP) is 2.62. The number of rotatable bonds is 8. The van der Waals surface area contributed by atoms with E-state index in [0.717, 1.165) is 11.3 Å². The zero-order chi connectivity index (χ0) is 17.2. The van der Waals surface area contributed by atoms with E-state index in [0.29, 0.717) is 18.1 Å². The highest BCUT2D eigenvalue weighted by Crippen LogP contribution is 2.25. The average Bonchev–Trinajstić information content (AvgIpc) is 2.62. The van der Waals surface area contributed by atoms with Crippen molar-refractivity contribution in [3.05, 3.63) is 54.1 Å². The molecule has 6 heteroatoms. The monoisotopic (exact) mass is 328 g/mol. The Morgan fingerprint density at radius 2 is 1.79 bits per heavy atom. The fourth-order valence-corrected chi connectivity index (χ4v) is 1.91. The molecule has 0 unspecified atom stereocenters. The van der Waals surface area contributed by atoms with Crippen LogP contribution < -0.4 is 19.6 Å². The van der Waals surface area contributed by atoms with Gasteiger partial charge in [-0.15, -0.1) is 0 Å². The highest BCUT2D eigenvalue weighted by molar-refractivity contribution is 5.83. The Balaban J connectivity index is 1.80. The zero-order valence-corrected chi connectivity index (χ0v) is 13.7. The van der Waals surface area contributed by atoms with Crippen LogP contribution >= 0.6 is 0 Å². The first-order valence-electron chi connectivity index (χ1n) is 7.53. The Kier molecular flexibility index (Phi) is 6.64. The number of hydrogen-bond donors (Lipinski definition) is 1. The smallest absolute Gasteiger partial charge is 0.277 e. The first-order chi connectivity index (χ1) is 11.7. The lowest BCUT2D eigenvalue weighted by Gasteiger charge is -2.09. The maximum absolute atomic E-state index is 11.7. The summed E-state index contributed by atoms with van der Waals surface area (Å²) in [7, 11) is 1.55. The Hall–Kier alpha value is -3.02. The molecule has 0 bridgehead atoms. The van der Waals surface area contributed by atoms with Gasteiger partial charge in [-0.1, -0.05) is 12.1 Å². The highest BCUT2D eigenvalue weighted by atomic mass is 16.5. The van der Waals surface area contributed by atoms with Gasteiger partial charge in [-0.25, -0.2) is 5.43 Å². The normalized spacial score (nSPS) is 10.4. The molecule has 0 aliphatic rings. The minimum Gasteiger partial charge on any atom is -0.494 e. The summed E-state index contributed by atoms with van der Waals surface area (Å²) < 4.78 is 15.9. The van der Waals surface area contributed by atoms with E-state index in [1.165, 1.54) is 0 Å². The summed E-state index contributed by atoms with van der Waals surface area (Å²) in [5.41, 5.74) is 3.26. The molecule has 1 amide bonds. The predicted molar refractivity (Wildman–Crippen MR) is 91.8 cm³/mol. The molecule has 0 spiro atoms. The van der Waals surface area contributed by atoms with E-state index in [2.05, 4.69) is 10.5 Å². The number of nitrogens with one attached hydrogen (secondary N) is 1. The average molecular weight is 328 g/mol. The van der Waals surface area contributed by atoms with Gasteiger partial charge in [0.25, 0.3) is 5.91 Å². The molecule has 0 aliphatic heterocycles. The molecular formula is C18H20N2O4. The number of methoxy groups -OCH3 is 1. The minimum absolute atomic E-state index is 0.152. The van der Waals surface area contributed by atoms with Gasteiger partial charge in [0.1, 0.15) is 5.75 Å². The Bertz CT molecular complexity index is 684. The maximum atomic E-state index is 11.7. The van der Waals surface area contributed by atoms with E-state index in [4.69, 9.17) is 14.2 Å². The number of carbonyl (C=O) groups is 1. The summed E-state index contributed by atoms with van der Waals surface area (Å²) in [6.07, 6.45) is 1.55. The highest BCUT2D eigenvalue weighted by Gasteiger charge is 2.05. The van der Waals surface area contributed by atoms with E-state index in [1.807, 2.05) is 37.3 Å². The number of carbonyl (C=O) groups excluding carboxylic acids is 1. The van der Waals surface area contributed by atoms with E-state index in [-0.39, 0.29) is 12.5 Å². The largest absolute Gasteiger partial charge is 0.494 e. The van der Waals surface area contributed by atoms with Crippen LogP contribution in [-0.4, -0.2) is 32.4 Å². The van der Waals surface area contributed by atoms with Crippen molar-refractivity contribution in [1.29, 1.82) is 0 Å². The number of ether oxygens (including phenoxy) is 3. The van der Waals surface area contributed by atoms with Crippen molar-refractivity contribution < 1.29 is 19.0 Å². The molecule has 24 heavy (non-hydrogen) atoms. The fourth-order valence-electron chi connectivity index (χ4n) is 1.91. The third-order valence-corrected chi connectivity index (χ3v) is 3.02. The van der Waals surface area contributed by atoms with Crippen molar-refractivity contribution in [3.63, 3.8) is 0 Å². The van der Waals surface area contributed by atoms with E-state index in [9.17, 15) is 4.79 Å². The number of para-hydroxylation sites is 2. The Morgan fingerprint density at radius 3 is 2.46 bits per heavy atom. The molecule has 2 aromatic carbocycles. The standard InChI is InChI=1S/C18H20N2O4/c1-3-23-15-10-8-14(9-11-15)12-19-20-18(21)13-24-17-7-5-4-6-16(17)22-2/h4-12H,3,13H2,1-2H3,(H,20,21)/b19-12+. The summed E-state index contributed by atoms with van der Waals surface area (Å²) in [5.74, 6) is 1.51. The molecule has 0 radical (unpaired) electrons. The molecule has 0 aromatic heterocycles. The second-order valence-corrected chi connectivity index (χ2v) is 4.73. The van der Waals surface area contributed by atoms with Crippen molar-refractivity contribution in [2.45, 2.75) is 6.92 Å². The third-order valence-electron chi connectivity index (χ3n) is 3.02. The van der Waals surface area contributed by atoms with Gasteiger partial charge in [-0.2, -0.15) is 5.10 Å². The maximum Gasteiger partial charge on any atom is 0.277 e. The molecule has 2 aromatic rings. The molecule has 0 fully saturated rings. The van der Waals surface area contributed by atoms with Crippen molar-refractivity contribution in [1.82, 2.24) is 5.43 Å². The lowest BCUT2D eigenvalue weighted by molar-refractivity contribution is -0.123. The van der Waals surface area contributed by atoms with Crippen LogP contribution in [-0.2, 0) is 4.79 Å². The van der Waals surface area contributed by atoms with Crippen LogP contribution in [0.5, 0.6) is 17.2 Å². The van der Waals surface area contributed by atoms with Gasteiger partial charge >= 0.3 is 0 Å². The van der Waals surface area contributed by atoms with Crippen LogP contribution in [0.4, 0.5) is 0 Å². The van der Waals surface area contributed by atoms with Crippen LogP contribution in [0.25, 0.3) is 0 Å². The molecule has 0 aliphatic carbocycles. The molecule has 6 nitrogen and oxygen atoms in total. The number of hydrazone groups is 1. The summed E-state index contributed by atoms with van der Waals surface area (Å²) in [6, 6.07) is 14.5. The van der Waals surface area contributed by atoms with Gasteiger partial charge in [0.15, 0.2) is 18.1 Å². The molecule has 1 N–H and O–H groups in total. The quantitative estimate of drug-likeness (QED) is 0.597. The van der Waals surface area contributed by atoms with Gasteiger partial charge in [-0.3, -0.25) is 4.79 Å². The second kappa shape index (κ2) is 9.19. The first-order valence-corrected chi connectivity index (χ1v) is 7.53. The SMILES string of the molecule is CCOc1ccc(/C=N/NC(=O)COc2ccccc2OC)cc1. The van der Waals surface area contributed by atoms with Crippen molar-refractivity contribution in [3.8, 4) is 17.2 Å². The van der Waals surface area contributed by atoms with Crippen molar-refractivity contribution in [2.75, 3.05) is 20.3 Å². The molecular weight excluding hydrogens is 308 g/mol. The Morgan fingerprint density at radius 1 is 1.08 bits per heavy atom. The topological polar surface area (TPSA) is 69.2 Å². The molecule has 0 atom stereocenters. The van der Waals surface area contributed by atoms with Crippen LogP contribution in [0, 0.1) is 0 Å². The molecule has 0 saturated carbocycles. The number of benzene rings is 2. The molecule has 126 valence electrons. The summed E-state index contributed by atoms with van der Waals surface area (Å²) in [6.45, 7) is 2.40. The van der Waals surface area contributed by atoms with Gasteiger partial charge in [0.2, 0.25) is 0 Å². The van der Waals surface area contributed by atoms with E-state index in [1.54, 1.807) is 31.5 Å². The minimum atomic E-state index is -0.358. The van der Waals surface area contributed by atoms with Crippen LogP contribution in [0.1, 0.15) is 12.5 Å². The first kappa shape index (κ1) is 17.3. The zero-order valence-electron chi connectivity index (χ0n) is 13.7. The van der Waals surface area contributed by atoms with E-state index < -0.39 is 0 Å². The molecule has 0 heterocycles. The van der Waals surface area contributed by atoms with Gasteiger partial charge < -0.3 is 14.2 Å². The van der Waals surface area contributed by atoms with Crippen LogP contribution in [0.3, 0.4) is 0 Å². The van der Waals surface area contributed by atoms with Crippen LogP contribution in [0.15, 0.2) is 53.6 Å². The summed E-state index contributed by atoms with van der Waals surface area (Å²) in [5, 5.41) is 3.90. The van der Waals surface area contributed by atoms with Gasteiger partial charge in [-0.05, 0) is 48.9 Å². The summed E-state index contributed by atoms with van der Waals surface area (Å²) >= 11 is 0.